The molecule has 7 rings (SSSR count). The van der Waals surface area contributed by atoms with Crippen LogP contribution >= 0.6 is 34.2 Å². The number of ether oxygens (including phenoxy) is 3. The van der Waals surface area contributed by atoms with Gasteiger partial charge in [0.15, 0.2) is 12.0 Å². The van der Waals surface area contributed by atoms with Crippen LogP contribution in [0.4, 0.5) is 0 Å². The second-order valence-corrected chi connectivity index (χ2v) is 12.6. The molecule has 0 saturated carbocycles. The second-order valence-electron chi connectivity index (χ2n) is 11.2. The van der Waals surface area contributed by atoms with E-state index in [1.807, 2.05) is 97.4 Å². The molecule has 2 aromatic heterocycles. The van der Waals surface area contributed by atoms with Crippen molar-refractivity contribution >= 4 is 51.2 Å². The average Bonchev–Trinajstić information content (AvgIpc) is 3.66. The minimum Gasteiger partial charge on any atom is -0.478 e. The molecular formula is C33H27ClIN3O5. The normalized spacial score (nSPS) is 23.3. The number of fused-ring (bicyclic) bond motifs is 2. The van der Waals surface area contributed by atoms with Crippen LogP contribution in [0.25, 0.3) is 22.2 Å². The lowest BCUT2D eigenvalue weighted by atomic mass is 9.80. The molecule has 4 heterocycles. The Morgan fingerprint density at radius 3 is 2.47 bits per heavy atom. The van der Waals surface area contributed by atoms with E-state index in [-0.39, 0.29) is 5.56 Å². The molecule has 3 aromatic carbocycles. The van der Waals surface area contributed by atoms with Crippen LogP contribution in [0, 0.1) is 3.70 Å². The van der Waals surface area contributed by atoms with Crippen LogP contribution in [-0.2, 0) is 14.2 Å². The highest BCUT2D eigenvalue weighted by molar-refractivity contribution is 14.1. The number of benzene rings is 3. The molecular weight excluding hydrogens is 681 g/mol. The van der Waals surface area contributed by atoms with E-state index >= 15 is 0 Å². The molecule has 0 radical (unpaired) electrons. The second kappa shape index (κ2) is 11.0. The number of carbonyl (C=O) groups is 1. The van der Waals surface area contributed by atoms with Gasteiger partial charge in [-0.2, -0.15) is 0 Å². The Balaban J connectivity index is 1.41. The molecule has 0 unspecified atom stereocenters. The van der Waals surface area contributed by atoms with E-state index in [1.54, 1.807) is 6.07 Å². The summed E-state index contributed by atoms with van der Waals surface area (Å²) < 4.78 is 22.7. The summed E-state index contributed by atoms with van der Waals surface area (Å²) in [5.74, 6) is -2.43. The van der Waals surface area contributed by atoms with Gasteiger partial charge < -0.3 is 23.9 Å². The standard InChI is InChI=1S/C33H27ClIN3O5/c1-33(2)42-27-26(41-31(28(27)43-33)38-15-14-23-29(35)36-17-37-30(23)38)25(19-8-11-21(34)12-9-19)24-16-20(10-13-22(24)32(39)40)18-6-4-3-5-7-18/h3-17,25-28,31H,1-2H3,(H,39,40)/t25-,26-,27-,28-,31-/m1/s1. The third kappa shape index (κ3) is 5.12. The number of hydrogen-bond acceptors (Lipinski definition) is 6. The SMILES string of the molecule is CC1(C)O[C@@H]2[C@@H]([C@H](c3ccc(Cl)cc3)c3cc(-c4ccccc4)ccc3C(=O)O)O[C@@H](n3ccc4c(I)ncnc43)[C@@H]2O1. The van der Waals surface area contributed by atoms with E-state index in [1.165, 1.54) is 6.33 Å². The van der Waals surface area contributed by atoms with Gasteiger partial charge in [0.2, 0.25) is 0 Å². The summed E-state index contributed by atoms with van der Waals surface area (Å²) >= 11 is 8.50. The molecule has 2 aliphatic heterocycles. The molecule has 218 valence electrons. The number of carboxylic acid groups (broad SMARTS) is 1. The first-order valence-electron chi connectivity index (χ1n) is 13.9. The van der Waals surface area contributed by atoms with Gasteiger partial charge in [-0.1, -0.05) is 60.1 Å². The number of aromatic nitrogens is 3. The average molecular weight is 708 g/mol. The number of carboxylic acids is 1. The quantitative estimate of drug-likeness (QED) is 0.146. The molecule has 2 fully saturated rings. The van der Waals surface area contributed by atoms with Gasteiger partial charge in [0.1, 0.15) is 34.0 Å². The highest BCUT2D eigenvalue weighted by Crippen LogP contribution is 2.50. The van der Waals surface area contributed by atoms with Crippen molar-refractivity contribution in [2.75, 3.05) is 0 Å². The Kier molecular flexibility index (Phi) is 7.26. The van der Waals surface area contributed by atoms with Gasteiger partial charge in [-0.3, -0.25) is 0 Å². The third-order valence-corrected chi connectivity index (χ3v) is 9.19. The number of nitrogens with zero attached hydrogens (tertiary/aromatic N) is 3. The Morgan fingerprint density at radius 2 is 1.72 bits per heavy atom. The highest BCUT2D eigenvalue weighted by Gasteiger charge is 2.58. The Labute approximate surface area is 266 Å². The number of hydrogen-bond donors (Lipinski definition) is 1. The first-order valence-corrected chi connectivity index (χ1v) is 15.3. The lowest BCUT2D eigenvalue weighted by molar-refractivity contribution is -0.197. The predicted molar refractivity (Wildman–Crippen MR) is 170 cm³/mol. The summed E-state index contributed by atoms with van der Waals surface area (Å²) in [6, 6.07) is 24.8. The fraction of sp³-hybridized carbons (Fsp3) is 0.242. The molecule has 0 spiro atoms. The van der Waals surface area contributed by atoms with E-state index in [9.17, 15) is 9.90 Å². The van der Waals surface area contributed by atoms with Gasteiger partial charge >= 0.3 is 5.97 Å². The summed E-state index contributed by atoms with van der Waals surface area (Å²) in [5, 5.41) is 11.9. The molecule has 0 aliphatic carbocycles. The van der Waals surface area contributed by atoms with Crippen molar-refractivity contribution in [3.63, 3.8) is 0 Å². The van der Waals surface area contributed by atoms with Crippen molar-refractivity contribution < 1.29 is 24.1 Å². The zero-order valence-electron chi connectivity index (χ0n) is 23.2. The van der Waals surface area contributed by atoms with Crippen molar-refractivity contribution in [3.05, 3.63) is 117 Å². The van der Waals surface area contributed by atoms with Gasteiger partial charge in [0, 0.05) is 17.1 Å². The Hall–Kier alpha value is -3.35. The van der Waals surface area contributed by atoms with Crippen LogP contribution < -0.4 is 0 Å². The third-order valence-electron chi connectivity index (χ3n) is 8.08. The molecule has 0 bridgehead atoms. The summed E-state index contributed by atoms with van der Waals surface area (Å²) in [6.07, 6.45) is 1.27. The molecule has 10 heteroatoms. The van der Waals surface area contributed by atoms with Gasteiger partial charge in [0.05, 0.1) is 10.9 Å². The molecule has 5 atom stereocenters. The molecule has 2 aliphatic rings. The minimum atomic E-state index is -1.02. The fourth-order valence-electron chi connectivity index (χ4n) is 6.29. The van der Waals surface area contributed by atoms with Crippen LogP contribution in [0.3, 0.4) is 0 Å². The van der Waals surface area contributed by atoms with E-state index in [0.29, 0.717) is 10.6 Å². The summed E-state index contributed by atoms with van der Waals surface area (Å²) in [7, 11) is 0. The largest absolute Gasteiger partial charge is 0.478 e. The zero-order valence-corrected chi connectivity index (χ0v) is 26.1. The van der Waals surface area contributed by atoms with Crippen LogP contribution in [0.2, 0.25) is 5.02 Å². The van der Waals surface area contributed by atoms with E-state index in [0.717, 1.165) is 31.4 Å². The maximum absolute atomic E-state index is 12.7. The van der Waals surface area contributed by atoms with Crippen molar-refractivity contribution in [3.8, 4) is 11.1 Å². The van der Waals surface area contributed by atoms with Gasteiger partial charge in [0.25, 0.3) is 0 Å². The van der Waals surface area contributed by atoms with Gasteiger partial charge in [-0.25, -0.2) is 14.8 Å². The van der Waals surface area contributed by atoms with Crippen molar-refractivity contribution in [2.24, 2.45) is 0 Å². The molecule has 1 N–H and O–H groups in total. The van der Waals surface area contributed by atoms with Crippen LogP contribution in [-0.4, -0.2) is 49.7 Å². The highest BCUT2D eigenvalue weighted by atomic mass is 127. The fourth-order valence-corrected chi connectivity index (χ4v) is 6.96. The summed E-state index contributed by atoms with van der Waals surface area (Å²) in [4.78, 5) is 21.6. The lowest BCUT2D eigenvalue weighted by Crippen LogP contribution is -2.35. The molecule has 8 nitrogen and oxygen atoms in total. The maximum Gasteiger partial charge on any atom is 0.335 e. The van der Waals surface area contributed by atoms with Gasteiger partial charge in [-0.15, -0.1) is 0 Å². The topological polar surface area (TPSA) is 95.7 Å². The lowest BCUT2D eigenvalue weighted by Gasteiger charge is -2.31. The van der Waals surface area contributed by atoms with Crippen LogP contribution in [0.5, 0.6) is 0 Å². The summed E-state index contributed by atoms with van der Waals surface area (Å²) in [6.45, 7) is 3.77. The number of rotatable bonds is 6. The van der Waals surface area contributed by atoms with Crippen LogP contribution in [0.1, 0.15) is 47.5 Å². The monoisotopic (exact) mass is 707 g/mol. The van der Waals surface area contributed by atoms with Crippen LogP contribution in [0.15, 0.2) is 91.4 Å². The summed E-state index contributed by atoms with van der Waals surface area (Å²) in [5.41, 5.74) is 4.25. The van der Waals surface area contributed by atoms with Gasteiger partial charge in [-0.05, 0) is 89.0 Å². The smallest absolute Gasteiger partial charge is 0.335 e. The first kappa shape index (κ1) is 28.4. The minimum absolute atomic E-state index is 0.190. The number of halogens is 2. The number of aromatic carboxylic acids is 1. The van der Waals surface area contributed by atoms with Crippen molar-refractivity contribution in [1.29, 1.82) is 0 Å². The molecule has 0 amide bonds. The van der Waals surface area contributed by atoms with Crippen molar-refractivity contribution in [2.45, 2.75) is 50.1 Å². The van der Waals surface area contributed by atoms with E-state index < -0.39 is 42.2 Å². The Bertz CT molecular complexity index is 1830. The molecule has 5 aromatic rings. The van der Waals surface area contributed by atoms with E-state index in [2.05, 4.69) is 32.6 Å². The van der Waals surface area contributed by atoms with Crippen molar-refractivity contribution in [1.82, 2.24) is 14.5 Å². The first-order chi connectivity index (χ1) is 20.7. The Morgan fingerprint density at radius 1 is 0.977 bits per heavy atom. The maximum atomic E-state index is 12.7. The molecule has 2 saturated heterocycles. The molecule has 43 heavy (non-hydrogen) atoms. The zero-order chi connectivity index (χ0) is 29.9. The van der Waals surface area contributed by atoms with E-state index in [4.69, 9.17) is 25.8 Å². The predicted octanol–water partition coefficient (Wildman–Crippen LogP) is 7.30.